The molecule has 0 radical (unpaired) electrons. The Kier molecular flexibility index (Phi) is 3.64. The third-order valence-electron chi connectivity index (χ3n) is 2.90. The van der Waals surface area contributed by atoms with Gasteiger partial charge in [-0.15, -0.1) is 0 Å². The predicted molar refractivity (Wildman–Crippen MR) is 63.8 cm³/mol. The standard InChI is InChI=1S/C13H17NO3/c1-2-16-13(15)8-17-10-4-5-11-9(7-10)3-6-12(11)14/h4-5,7,12H,2-3,6,8,14H2,1H3. The molecule has 2 rings (SSSR count). The first-order valence-electron chi connectivity index (χ1n) is 5.87. The molecule has 0 saturated heterocycles. The van der Waals surface area contributed by atoms with E-state index < -0.39 is 0 Å². The highest BCUT2D eigenvalue weighted by molar-refractivity contribution is 5.71. The van der Waals surface area contributed by atoms with E-state index in [9.17, 15) is 4.79 Å². The highest BCUT2D eigenvalue weighted by atomic mass is 16.6. The summed E-state index contributed by atoms with van der Waals surface area (Å²) in [5.41, 5.74) is 8.35. The Hall–Kier alpha value is -1.55. The van der Waals surface area contributed by atoms with Gasteiger partial charge in [-0.25, -0.2) is 4.79 Å². The molecule has 0 spiro atoms. The molecule has 1 aliphatic carbocycles. The highest BCUT2D eigenvalue weighted by Crippen LogP contribution is 2.31. The van der Waals surface area contributed by atoms with Crippen LogP contribution < -0.4 is 10.5 Å². The number of hydrogen-bond acceptors (Lipinski definition) is 4. The van der Waals surface area contributed by atoms with Crippen molar-refractivity contribution in [1.82, 2.24) is 0 Å². The first-order chi connectivity index (χ1) is 8.20. The predicted octanol–water partition coefficient (Wildman–Crippen LogP) is 1.57. The number of benzene rings is 1. The number of rotatable bonds is 4. The van der Waals surface area contributed by atoms with Gasteiger partial charge in [0.15, 0.2) is 6.61 Å². The Balaban J connectivity index is 1.97. The molecule has 0 aromatic heterocycles. The molecular formula is C13H17NO3. The lowest BCUT2D eigenvalue weighted by atomic mass is 10.1. The highest BCUT2D eigenvalue weighted by Gasteiger charge is 2.19. The molecule has 1 aromatic rings. The van der Waals surface area contributed by atoms with Gasteiger partial charge < -0.3 is 15.2 Å². The molecule has 0 fully saturated rings. The van der Waals surface area contributed by atoms with Gasteiger partial charge >= 0.3 is 5.97 Å². The van der Waals surface area contributed by atoms with Crippen LogP contribution in [-0.2, 0) is 16.0 Å². The second-order valence-corrected chi connectivity index (χ2v) is 4.10. The van der Waals surface area contributed by atoms with Crippen molar-refractivity contribution in [1.29, 1.82) is 0 Å². The molecular weight excluding hydrogens is 218 g/mol. The lowest BCUT2D eigenvalue weighted by molar-refractivity contribution is -0.145. The number of aryl methyl sites for hydroxylation is 1. The Morgan fingerprint density at radius 2 is 2.35 bits per heavy atom. The van der Waals surface area contributed by atoms with Crippen molar-refractivity contribution in [3.8, 4) is 5.75 Å². The van der Waals surface area contributed by atoms with Crippen molar-refractivity contribution in [2.75, 3.05) is 13.2 Å². The summed E-state index contributed by atoms with van der Waals surface area (Å²) >= 11 is 0. The quantitative estimate of drug-likeness (QED) is 0.805. The van der Waals surface area contributed by atoms with E-state index in [4.69, 9.17) is 15.2 Å². The summed E-state index contributed by atoms with van der Waals surface area (Å²) in [4.78, 5) is 11.1. The van der Waals surface area contributed by atoms with Gasteiger partial charge in [0.1, 0.15) is 5.75 Å². The van der Waals surface area contributed by atoms with Crippen molar-refractivity contribution in [2.45, 2.75) is 25.8 Å². The van der Waals surface area contributed by atoms with Crippen molar-refractivity contribution < 1.29 is 14.3 Å². The number of carbonyl (C=O) groups is 1. The minimum absolute atomic E-state index is 0.0430. The molecule has 1 aliphatic rings. The van der Waals surface area contributed by atoms with Crippen LogP contribution in [0.25, 0.3) is 0 Å². The summed E-state index contributed by atoms with van der Waals surface area (Å²) in [5, 5.41) is 0. The number of carbonyl (C=O) groups excluding carboxylic acids is 1. The number of ether oxygens (including phenoxy) is 2. The zero-order valence-corrected chi connectivity index (χ0v) is 9.94. The van der Waals surface area contributed by atoms with Crippen LogP contribution in [0.2, 0.25) is 0 Å². The van der Waals surface area contributed by atoms with E-state index in [1.54, 1.807) is 6.92 Å². The molecule has 1 unspecified atom stereocenters. The molecule has 0 amide bonds. The maximum atomic E-state index is 11.1. The van der Waals surface area contributed by atoms with Gasteiger partial charge in [-0.1, -0.05) is 6.07 Å². The number of nitrogens with two attached hydrogens (primary N) is 1. The molecule has 0 heterocycles. The molecule has 92 valence electrons. The summed E-state index contributed by atoms with van der Waals surface area (Å²) in [6.45, 7) is 2.11. The SMILES string of the molecule is CCOC(=O)COc1ccc2c(c1)CCC2N. The molecule has 0 bridgehead atoms. The van der Waals surface area contributed by atoms with E-state index in [1.165, 1.54) is 11.1 Å². The first-order valence-corrected chi connectivity index (χ1v) is 5.87. The van der Waals surface area contributed by atoms with Crippen molar-refractivity contribution in [3.05, 3.63) is 29.3 Å². The van der Waals surface area contributed by atoms with E-state index in [0.717, 1.165) is 12.8 Å². The largest absolute Gasteiger partial charge is 0.482 e. The molecule has 4 heteroatoms. The van der Waals surface area contributed by atoms with Gasteiger partial charge in [0.2, 0.25) is 0 Å². The summed E-state index contributed by atoms with van der Waals surface area (Å²) < 4.78 is 10.2. The summed E-state index contributed by atoms with van der Waals surface area (Å²) in [6, 6.07) is 5.93. The van der Waals surface area contributed by atoms with Crippen molar-refractivity contribution in [2.24, 2.45) is 5.73 Å². The topological polar surface area (TPSA) is 61.5 Å². The average molecular weight is 235 g/mol. The zero-order chi connectivity index (χ0) is 12.3. The average Bonchev–Trinajstić information content (AvgIpc) is 2.69. The summed E-state index contributed by atoms with van der Waals surface area (Å²) in [5.74, 6) is 0.357. The van der Waals surface area contributed by atoms with Crippen molar-refractivity contribution in [3.63, 3.8) is 0 Å². The van der Waals surface area contributed by atoms with E-state index in [1.807, 2.05) is 18.2 Å². The number of fused-ring (bicyclic) bond motifs is 1. The molecule has 0 saturated carbocycles. The number of hydrogen-bond donors (Lipinski definition) is 1. The van der Waals surface area contributed by atoms with Crippen LogP contribution in [0.5, 0.6) is 5.75 Å². The van der Waals surface area contributed by atoms with Gasteiger partial charge in [-0.05, 0) is 43.0 Å². The molecule has 0 aliphatic heterocycles. The van der Waals surface area contributed by atoms with E-state index in [2.05, 4.69) is 0 Å². The number of esters is 1. The third-order valence-corrected chi connectivity index (χ3v) is 2.90. The second-order valence-electron chi connectivity index (χ2n) is 4.10. The smallest absolute Gasteiger partial charge is 0.344 e. The fourth-order valence-corrected chi connectivity index (χ4v) is 2.06. The van der Waals surface area contributed by atoms with Gasteiger partial charge in [-0.2, -0.15) is 0 Å². The van der Waals surface area contributed by atoms with Crippen LogP contribution in [0.4, 0.5) is 0 Å². The Bertz CT molecular complexity index is 417. The zero-order valence-electron chi connectivity index (χ0n) is 9.94. The van der Waals surface area contributed by atoms with Crippen LogP contribution in [0, 0.1) is 0 Å². The summed E-state index contributed by atoms with van der Waals surface area (Å²) in [6.07, 6.45) is 1.96. The monoisotopic (exact) mass is 235 g/mol. The van der Waals surface area contributed by atoms with Gasteiger partial charge in [0.05, 0.1) is 6.61 Å². The Labute approximate surface area is 101 Å². The Morgan fingerprint density at radius 3 is 3.12 bits per heavy atom. The lowest BCUT2D eigenvalue weighted by Gasteiger charge is -2.08. The molecule has 17 heavy (non-hydrogen) atoms. The first kappa shape index (κ1) is 11.9. The van der Waals surface area contributed by atoms with E-state index in [-0.39, 0.29) is 18.6 Å². The maximum Gasteiger partial charge on any atom is 0.344 e. The molecule has 1 aromatic carbocycles. The van der Waals surface area contributed by atoms with Gasteiger partial charge in [0.25, 0.3) is 0 Å². The van der Waals surface area contributed by atoms with E-state index >= 15 is 0 Å². The van der Waals surface area contributed by atoms with Crippen LogP contribution in [-0.4, -0.2) is 19.2 Å². The normalized spacial score (nSPS) is 17.6. The van der Waals surface area contributed by atoms with Crippen LogP contribution >= 0.6 is 0 Å². The molecule has 2 N–H and O–H groups in total. The minimum atomic E-state index is -0.343. The molecule has 4 nitrogen and oxygen atoms in total. The van der Waals surface area contributed by atoms with Crippen LogP contribution in [0.3, 0.4) is 0 Å². The summed E-state index contributed by atoms with van der Waals surface area (Å²) in [7, 11) is 0. The van der Waals surface area contributed by atoms with Crippen LogP contribution in [0.1, 0.15) is 30.5 Å². The maximum absolute atomic E-state index is 11.1. The lowest BCUT2D eigenvalue weighted by Crippen LogP contribution is -2.14. The van der Waals surface area contributed by atoms with Crippen molar-refractivity contribution >= 4 is 5.97 Å². The minimum Gasteiger partial charge on any atom is -0.482 e. The van der Waals surface area contributed by atoms with Crippen LogP contribution in [0.15, 0.2) is 18.2 Å². The third kappa shape index (κ3) is 2.77. The van der Waals surface area contributed by atoms with E-state index in [0.29, 0.717) is 12.4 Å². The van der Waals surface area contributed by atoms with Gasteiger partial charge in [0, 0.05) is 6.04 Å². The van der Waals surface area contributed by atoms with Gasteiger partial charge in [-0.3, -0.25) is 0 Å². The second kappa shape index (κ2) is 5.19. The fourth-order valence-electron chi connectivity index (χ4n) is 2.06. The fraction of sp³-hybridized carbons (Fsp3) is 0.462. The Morgan fingerprint density at radius 1 is 1.53 bits per heavy atom. The molecule has 1 atom stereocenters.